The molecule has 0 spiro atoms. The zero-order valence-electron chi connectivity index (χ0n) is 11.3. The van der Waals surface area contributed by atoms with Crippen molar-refractivity contribution in [3.63, 3.8) is 0 Å². The van der Waals surface area contributed by atoms with Crippen LogP contribution in [0.4, 0.5) is 0 Å². The van der Waals surface area contributed by atoms with Crippen LogP contribution in [-0.2, 0) is 16.6 Å². The van der Waals surface area contributed by atoms with Gasteiger partial charge in [-0.1, -0.05) is 17.7 Å². The molecule has 2 rings (SSSR count). The van der Waals surface area contributed by atoms with Crippen LogP contribution in [0, 0.1) is 13.8 Å². The van der Waals surface area contributed by atoms with Gasteiger partial charge in [-0.2, -0.15) is 12.5 Å². The lowest BCUT2D eigenvalue weighted by atomic mass is 10.2. The lowest BCUT2D eigenvalue weighted by Crippen LogP contribution is -2.29. The zero-order valence-corrected chi connectivity index (χ0v) is 12.1. The predicted molar refractivity (Wildman–Crippen MR) is 74.3 cm³/mol. The minimum Gasteiger partial charge on any atom is -0.394 e. The predicted octanol–water partition coefficient (Wildman–Crippen LogP) is 0.496. The van der Waals surface area contributed by atoms with E-state index in [9.17, 15) is 13.2 Å². The van der Waals surface area contributed by atoms with Crippen LogP contribution >= 0.6 is 0 Å². The van der Waals surface area contributed by atoms with Gasteiger partial charge >= 0.3 is 0 Å². The first-order valence-corrected chi connectivity index (χ1v) is 7.54. The maximum Gasteiger partial charge on any atom is 0.281 e. The highest BCUT2D eigenvalue weighted by Gasteiger charge is 2.22. The average Bonchev–Trinajstić information content (AvgIpc) is 2.66. The number of aromatic nitrogens is 2. The Bertz CT molecular complexity index is 770. The van der Waals surface area contributed by atoms with Crippen molar-refractivity contribution in [1.82, 2.24) is 8.77 Å². The molecule has 0 fully saturated rings. The van der Waals surface area contributed by atoms with E-state index in [-0.39, 0.29) is 18.0 Å². The van der Waals surface area contributed by atoms with Crippen LogP contribution in [0.1, 0.15) is 11.3 Å². The van der Waals surface area contributed by atoms with E-state index in [0.29, 0.717) is 5.69 Å². The molecule has 0 atom stereocenters. The lowest BCUT2D eigenvalue weighted by Gasteiger charge is -2.13. The average molecular weight is 296 g/mol. The Kier molecular flexibility index (Phi) is 3.82. The maximum atomic E-state index is 12.6. The second kappa shape index (κ2) is 5.26. The van der Waals surface area contributed by atoms with Crippen LogP contribution in [0.3, 0.4) is 0 Å². The molecule has 1 N–H and O–H groups in total. The Balaban J connectivity index is 2.66. The summed E-state index contributed by atoms with van der Waals surface area (Å²) in [5.41, 5.74) is 0.803. The molecule has 20 heavy (non-hydrogen) atoms. The van der Waals surface area contributed by atoms with Crippen LogP contribution in [0.25, 0.3) is 0 Å². The molecule has 0 saturated heterocycles. The molecule has 7 heteroatoms. The molecule has 1 aromatic heterocycles. The first-order valence-electron chi connectivity index (χ1n) is 6.10. The largest absolute Gasteiger partial charge is 0.394 e. The molecule has 2 aromatic rings. The van der Waals surface area contributed by atoms with Crippen molar-refractivity contribution in [1.29, 1.82) is 0 Å². The third kappa shape index (κ3) is 2.41. The standard InChI is InChI=1S/C13H16N2O4S/c1-10-3-5-12(6-4-10)20(18,19)15-11(2)9-13(17)14(15)7-8-16/h3-6,9,16H,7-8H2,1-2H3. The highest BCUT2D eigenvalue weighted by atomic mass is 32.2. The molecule has 0 bridgehead atoms. The molecule has 0 radical (unpaired) electrons. The first-order chi connectivity index (χ1) is 9.37. The smallest absolute Gasteiger partial charge is 0.281 e. The van der Waals surface area contributed by atoms with Gasteiger partial charge in [-0.05, 0) is 26.0 Å². The van der Waals surface area contributed by atoms with Crippen molar-refractivity contribution in [3.05, 3.63) is 51.9 Å². The Morgan fingerprint density at radius 2 is 1.75 bits per heavy atom. The summed E-state index contributed by atoms with van der Waals surface area (Å²) in [6.07, 6.45) is 0. The minimum atomic E-state index is -3.85. The van der Waals surface area contributed by atoms with Gasteiger partial charge in [0.25, 0.3) is 15.6 Å². The highest BCUT2D eigenvalue weighted by molar-refractivity contribution is 7.89. The molecule has 1 aromatic carbocycles. The summed E-state index contributed by atoms with van der Waals surface area (Å²) in [7, 11) is -3.85. The van der Waals surface area contributed by atoms with E-state index in [1.165, 1.54) is 18.2 Å². The third-order valence-electron chi connectivity index (χ3n) is 2.97. The van der Waals surface area contributed by atoms with Crippen LogP contribution in [-0.4, -0.2) is 28.9 Å². The third-order valence-corrected chi connectivity index (χ3v) is 4.77. The number of nitrogens with zero attached hydrogens (tertiary/aromatic N) is 2. The van der Waals surface area contributed by atoms with E-state index in [1.54, 1.807) is 19.1 Å². The molecule has 0 aliphatic carbocycles. The fourth-order valence-corrected chi connectivity index (χ4v) is 3.55. The minimum absolute atomic E-state index is 0.0717. The van der Waals surface area contributed by atoms with Gasteiger partial charge in [-0.25, -0.2) is 4.68 Å². The number of aryl methyl sites for hydroxylation is 2. The number of hydrogen-bond donors (Lipinski definition) is 1. The van der Waals surface area contributed by atoms with Crippen molar-refractivity contribution < 1.29 is 13.5 Å². The first kappa shape index (κ1) is 14.5. The Morgan fingerprint density at radius 1 is 1.15 bits per heavy atom. The molecule has 1 heterocycles. The second-order valence-electron chi connectivity index (χ2n) is 4.53. The Labute approximate surface area is 116 Å². The molecule has 0 aliphatic rings. The second-order valence-corrected chi connectivity index (χ2v) is 6.30. The van der Waals surface area contributed by atoms with Crippen molar-refractivity contribution >= 4 is 10.0 Å². The molecular formula is C13H16N2O4S. The molecule has 108 valence electrons. The summed E-state index contributed by atoms with van der Waals surface area (Å²) in [6.45, 7) is 3.02. The fourth-order valence-electron chi connectivity index (χ4n) is 2.01. The van der Waals surface area contributed by atoms with Crippen molar-refractivity contribution in [3.8, 4) is 0 Å². The zero-order chi connectivity index (χ0) is 14.9. The number of aliphatic hydroxyl groups excluding tert-OH is 1. The highest BCUT2D eigenvalue weighted by Crippen LogP contribution is 2.15. The van der Waals surface area contributed by atoms with Crippen LogP contribution in [0.15, 0.2) is 40.0 Å². The molecule has 0 aliphatic heterocycles. The van der Waals surface area contributed by atoms with Crippen LogP contribution in [0.5, 0.6) is 0 Å². The van der Waals surface area contributed by atoms with Crippen molar-refractivity contribution in [2.24, 2.45) is 0 Å². The number of aliphatic hydroxyl groups is 1. The van der Waals surface area contributed by atoms with E-state index in [2.05, 4.69) is 0 Å². The van der Waals surface area contributed by atoms with Crippen LogP contribution in [0.2, 0.25) is 0 Å². The van der Waals surface area contributed by atoms with Gasteiger partial charge in [0.05, 0.1) is 23.7 Å². The molecule has 0 amide bonds. The molecular weight excluding hydrogens is 280 g/mol. The molecule has 0 unspecified atom stereocenters. The normalized spacial score (nSPS) is 11.8. The Morgan fingerprint density at radius 3 is 2.30 bits per heavy atom. The summed E-state index contributed by atoms with van der Waals surface area (Å²) in [5.74, 6) is 0. The Hall–Kier alpha value is -1.86. The summed E-state index contributed by atoms with van der Waals surface area (Å²) in [6, 6.07) is 7.62. The van der Waals surface area contributed by atoms with Gasteiger partial charge < -0.3 is 5.11 Å². The SMILES string of the molecule is Cc1ccc(S(=O)(=O)n2c(C)cc(=O)n2CCO)cc1. The quantitative estimate of drug-likeness (QED) is 0.890. The summed E-state index contributed by atoms with van der Waals surface area (Å²) >= 11 is 0. The molecule has 6 nitrogen and oxygen atoms in total. The van der Waals surface area contributed by atoms with E-state index >= 15 is 0 Å². The van der Waals surface area contributed by atoms with Gasteiger partial charge in [-0.15, -0.1) is 0 Å². The van der Waals surface area contributed by atoms with E-state index < -0.39 is 15.6 Å². The fraction of sp³-hybridized carbons (Fsp3) is 0.308. The summed E-state index contributed by atoms with van der Waals surface area (Å²) in [5, 5.41) is 8.98. The monoisotopic (exact) mass is 296 g/mol. The van der Waals surface area contributed by atoms with Gasteiger partial charge in [0.1, 0.15) is 0 Å². The maximum absolute atomic E-state index is 12.6. The lowest BCUT2D eigenvalue weighted by molar-refractivity contribution is 0.264. The van der Waals surface area contributed by atoms with E-state index in [4.69, 9.17) is 5.11 Å². The van der Waals surface area contributed by atoms with Gasteiger partial charge in [-0.3, -0.25) is 4.79 Å². The van der Waals surface area contributed by atoms with E-state index in [0.717, 1.165) is 14.3 Å². The topological polar surface area (TPSA) is 81.3 Å². The number of benzene rings is 1. The van der Waals surface area contributed by atoms with Gasteiger partial charge in [0, 0.05) is 6.07 Å². The summed E-state index contributed by atoms with van der Waals surface area (Å²) < 4.78 is 27.2. The summed E-state index contributed by atoms with van der Waals surface area (Å²) in [4.78, 5) is 11.9. The van der Waals surface area contributed by atoms with Crippen molar-refractivity contribution in [2.75, 3.05) is 6.61 Å². The van der Waals surface area contributed by atoms with Gasteiger partial charge in [0.15, 0.2) is 0 Å². The van der Waals surface area contributed by atoms with Gasteiger partial charge in [0.2, 0.25) is 0 Å². The van der Waals surface area contributed by atoms with Crippen molar-refractivity contribution in [2.45, 2.75) is 25.3 Å². The van der Waals surface area contributed by atoms with E-state index in [1.807, 2.05) is 6.92 Å². The number of rotatable bonds is 4. The van der Waals surface area contributed by atoms with Crippen LogP contribution < -0.4 is 5.56 Å². The number of hydrogen-bond acceptors (Lipinski definition) is 4. The molecule has 0 saturated carbocycles.